The van der Waals surface area contributed by atoms with Gasteiger partial charge in [0.25, 0.3) is 0 Å². The smallest absolute Gasteiger partial charge is 0.323 e. The van der Waals surface area contributed by atoms with E-state index in [1.165, 1.54) is 4.90 Å². The predicted octanol–water partition coefficient (Wildman–Crippen LogP) is 4.36. The Bertz CT molecular complexity index is 1160. The van der Waals surface area contributed by atoms with Gasteiger partial charge >= 0.3 is 6.03 Å². The first-order valence-electron chi connectivity index (χ1n) is 9.07. The minimum atomic E-state index is -0.555. The lowest BCUT2D eigenvalue weighted by Crippen LogP contribution is -2.31. The van der Waals surface area contributed by atoms with Crippen LogP contribution >= 0.6 is 0 Å². The molecule has 7 heteroatoms. The minimum Gasteiger partial charge on any atom is -0.380 e. The van der Waals surface area contributed by atoms with Crippen LogP contribution in [-0.4, -0.2) is 25.3 Å². The summed E-state index contributed by atoms with van der Waals surface area (Å²) >= 11 is 0. The molecule has 4 rings (SSSR count). The Labute approximate surface area is 168 Å². The molecule has 0 saturated heterocycles. The van der Waals surface area contributed by atoms with Gasteiger partial charge in [0.15, 0.2) is 11.4 Å². The molecule has 0 fully saturated rings. The van der Waals surface area contributed by atoms with Gasteiger partial charge in [-0.1, -0.05) is 29.4 Å². The Morgan fingerprint density at radius 2 is 1.48 bits per heavy atom. The van der Waals surface area contributed by atoms with Crippen molar-refractivity contribution >= 4 is 39.9 Å². The summed E-state index contributed by atoms with van der Waals surface area (Å²) in [6.07, 6.45) is 0. The summed E-state index contributed by atoms with van der Waals surface area (Å²) in [4.78, 5) is 15.6. The van der Waals surface area contributed by atoms with E-state index in [2.05, 4.69) is 5.16 Å². The van der Waals surface area contributed by atoms with Crippen LogP contribution in [0.3, 0.4) is 0 Å². The number of hydrogen-bond donors (Lipinski definition) is 2. The molecule has 4 N–H and O–H groups in total. The zero-order valence-electron chi connectivity index (χ0n) is 16.2. The van der Waals surface area contributed by atoms with Gasteiger partial charge in [0.05, 0.1) is 16.8 Å². The first kappa shape index (κ1) is 18.4. The van der Waals surface area contributed by atoms with E-state index >= 15 is 0 Å². The number of carbonyl (C=O) groups is 1. The van der Waals surface area contributed by atoms with E-state index in [1.807, 2.05) is 85.7 Å². The molecule has 3 aromatic carbocycles. The zero-order valence-corrected chi connectivity index (χ0v) is 16.2. The van der Waals surface area contributed by atoms with E-state index in [0.29, 0.717) is 22.8 Å². The summed E-state index contributed by atoms with van der Waals surface area (Å²) in [5, 5.41) is 4.61. The van der Waals surface area contributed by atoms with E-state index in [1.54, 1.807) is 0 Å². The molecule has 1 heterocycles. The molecule has 146 valence electrons. The standard InChI is InChI=1S/C22H21N5O2/c1-26(2)15-10-12-17(13-11-15)27(22(24)28)16-8-6-14(7-9-16)18-4-3-5-19-20(18)21(23)25-29-19/h3-13H,1-2H3,(H2,23,25)(H2,24,28). The molecule has 0 unspecified atom stereocenters. The van der Waals surface area contributed by atoms with Crippen molar-refractivity contribution in [1.29, 1.82) is 0 Å². The molecule has 0 spiro atoms. The van der Waals surface area contributed by atoms with Gasteiger partial charge in [0, 0.05) is 19.8 Å². The third kappa shape index (κ3) is 3.34. The van der Waals surface area contributed by atoms with Crippen LogP contribution in [0.4, 0.5) is 27.7 Å². The highest BCUT2D eigenvalue weighted by Crippen LogP contribution is 2.34. The Morgan fingerprint density at radius 3 is 2.07 bits per heavy atom. The first-order valence-corrected chi connectivity index (χ1v) is 9.07. The Balaban J connectivity index is 1.71. The second kappa shape index (κ2) is 7.20. The maximum Gasteiger partial charge on any atom is 0.323 e. The molecule has 4 aromatic rings. The molecule has 0 atom stereocenters. The lowest BCUT2D eigenvalue weighted by atomic mass is 10.0. The SMILES string of the molecule is CN(C)c1ccc(N(C(N)=O)c2ccc(-c3cccc4onc(N)c34)cc2)cc1. The van der Waals surface area contributed by atoms with Crippen molar-refractivity contribution < 1.29 is 9.32 Å². The Kier molecular flexibility index (Phi) is 4.56. The number of primary amides is 1. The second-order valence-corrected chi connectivity index (χ2v) is 6.88. The van der Waals surface area contributed by atoms with Crippen LogP contribution in [0.5, 0.6) is 0 Å². The molecule has 0 saturated carbocycles. The number of nitrogens with zero attached hydrogens (tertiary/aromatic N) is 3. The molecule has 29 heavy (non-hydrogen) atoms. The summed E-state index contributed by atoms with van der Waals surface area (Å²) < 4.78 is 5.24. The molecule has 0 radical (unpaired) electrons. The van der Waals surface area contributed by atoms with Gasteiger partial charge in [-0.2, -0.15) is 0 Å². The van der Waals surface area contributed by atoms with Gasteiger partial charge < -0.3 is 20.9 Å². The average Bonchev–Trinajstić information content (AvgIpc) is 3.10. The number of amides is 2. The van der Waals surface area contributed by atoms with Crippen molar-refractivity contribution in [2.75, 3.05) is 29.6 Å². The fourth-order valence-corrected chi connectivity index (χ4v) is 3.35. The largest absolute Gasteiger partial charge is 0.380 e. The fraction of sp³-hybridized carbons (Fsp3) is 0.0909. The number of benzene rings is 3. The number of carbonyl (C=O) groups excluding carboxylic acids is 1. The molecule has 0 aliphatic rings. The van der Waals surface area contributed by atoms with Gasteiger partial charge in [-0.15, -0.1) is 0 Å². The third-order valence-electron chi connectivity index (χ3n) is 4.81. The zero-order chi connectivity index (χ0) is 20.5. The van der Waals surface area contributed by atoms with E-state index in [0.717, 1.165) is 22.2 Å². The number of nitrogens with two attached hydrogens (primary N) is 2. The number of hydrogen-bond acceptors (Lipinski definition) is 5. The summed E-state index contributed by atoms with van der Waals surface area (Å²) in [6.45, 7) is 0. The van der Waals surface area contributed by atoms with Crippen LogP contribution in [0, 0.1) is 0 Å². The van der Waals surface area contributed by atoms with E-state index in [-0.39, 0.29) is 0 Å². The minimum absolute atomic E-state index is 0.347. The molecule has 2 amide bonds. The van der Waals surface area contributed by atoms with E-state index < -0.39 is 6.03 Å². The molecular formula is C22H21N5O2. The van der Waals surface area contributed by atoms with Gasteiger partial charge in [0.1, 0.15) is 0 Å². The van der Waals surface area contributed by atoms with E-state index in [4.69, 9.17) is 16.0 Å². The number of anilines is 4. The van der Waals surface area contributed by atoms with Gasteiger partial charge in [-0.25, -0.2) is 4.79 Å². The van der Waals surface area contributed by atoms with E-state index in [9.17, 15) is 4.79 Å². The van der Waals surface area contributed by atoms with Crippen LogP contribution in [-0.2, 0) is 0 Å². The number of rotatable bonds is 4. The second-order valence-electron chi connectivity index (χ2n) is 6.88. The monoisotopic (exact) mass is 387 g/mol. The molecular weight excluding hydrogens is 366 g/mol. The van der Waals surface area contributed by atoms with Gasteiger partial charge in [-0.05, 0) is 53.6 Å². The van der Waals surface area contributed by atoms with Crippen molar-refractivity contribution in [3.63, 3.8) is 0 Å². The van der Waals surface area contributed by atoms with Gasteiger partial charge in [-0.3, -0.25) is 4.90 Å². The Hall–Kier alpha value is -4.00. The first-order chi connectivity index (χ1) is 14.0. The van der Waals surface area contributed by atoms with Crippen molar-refractivity contribution in [3.05, 3.63) is 66.7 Å². The summed E-state index contributed by atoms with van der Waals surface area (Å²) in [7, 11) is 3.92. The Morgan fingerprint density at radius 1 is 0.897 bits per heavy atom. The summed E-state index contributed by atoms with van der Waals surface area (Å²) in [6, 6.07) is 20.3. The van der Waals surface area contributed by atoms with Crippen molar-refractivity contribution in [2.45, 2.75) is 0 Å². The van der Waals surface area contributed by atoms with Crippen LogP contribution in [0.2, 0.25) is 0 Å². The quantitative estimate of drug-likeness (QED) is 0.542. The molecule has 0 aliphatic heterocycles. The van der Waals surface area contributed by atoms with Crippen molar-refractivity contribution in [1.82, 2.24) is 5.16 Å². The maximum absolute atomic E-state index is 12.2. The summed E-state index contributed by atoms with van der Waals surface area (Å²) in [5.41, 5.74) is 16.5. The maximum atomic E-state index is 12.2. The molecule has 0 bridgehead atoms. The number of urea groups is 1. The summed E-state index contributed by atoms with van der Waals surface area (Å²) in [5.74, 6) is 0.347. The topological polar surface area (TPSA) is 102 Å². The fourth-order valence-electron chi connectivity index (χ4n) is 3.35. The highest BCUT2D eigenvalue weighted by Gasteiger charge is 2.16. The molecule has 0 aliphatic carbocycles. The third-order valence-corrected chi connectivity index (χ3v) is 4.81. The van der Waals surface area contributed by atoms with Crippen molar-refractivity contribution in [3.8, 4) is 11.1 Å². The number of nitrogen functional groups attached to an aromatic ring is 1. The highest BCUT2D eigenvalue weighted by atomic mass is 16.5. The molecule has 7 nitrogen and oxygen atoms in total. The van der Waals surface area contributed by atoms with Crippen LogP contribution < -0.4 is 21.3 Å². The van der Waals surface area contributed by atoms with Crippen LogP contribution in [0.15, 0.2) is 71.3 Å². The number of fused-ring (bicyclic) bond motifs is 1. The van der Waals surface area contributed by atoms with Crippen LogP contribution in [0.1, 0.15) is 0 Å². The van der Waals surface area contributed by atoms with Gasteiger partial charge in [0.2, 0.25) is 0 Å². The average molecular weight is 387 g/mol. The normalized spacial score (nSPS) is 10.8. The predicted molar refractivity (Wildman–Crippen MR) is 116 cm³/mol. The lowest BCUT2D eigenvalue weighted by Gasteiger charge is -2.22. The lowest BCUT2D eigenvalue weighted by molar-refractivity contribution is 0.256. The van der Waals surface area contributed by atoms with Crippen LogP contribution in [0.25, 0.3) is 22.1 Å². The number of aromatic nitrogens is 1. The highest BCUT2D eigenvalue weighted by molar-refractivity contribution is 6.02. The molecule has 1 aromatic heterocycles. The van der Waals surface area contributed by atoms with Crippen molar-refractivity contribution in [2.24, 2.45) is 5.73 Å².